The van der Waals surface area contributed by atoms with E-state index < -0.39 is 0 Å². The fraction of sp³-hybridized carbons (Fsp3) is 0.545. The van der Waals surface area contributed by atoms with E-state index in [1.165, 1.54) is 30.6 Å². The van der Waals surface area contributed by atoms with Crippen LogP contribution in [0.15, 0.2) is 40.9 Å². The summed E-state index contributed by atoms with van der Waals surface area (Å²) in [6.07, 6.45) is 8.57. The first-order chi connectivity index (χ1) is 13.6. The molecule has 0 aromatic heterocycles. The molecule has 0 atom stereocenters. The van der Waals surface area contributed by atoms with Crippen molar-refractivity contribution in [2.75, 3.05) is 33.8 Å². The molecule has 1 aliphatic rings. The third kappa shape index (κ3) is 8.03. The Morgan fingerprint density at radius 3 is 2.82 bits per heavy atom. The summed E-state index contributed by atoms with van der Waals surface area (Å²) in [6, 6.07) is 7.73. The summed E-state index contributed by atoms with van der Waals surface area (Å²) in [6.45, 7) is 4.38. The summed E-state index contributed by atoms with van der Waals surface area (Å²) in [4.78, 5) is 17.9. The quantitative estimate of drug-likeness (QED) is 0.389. The number of nitrogens with zero attached hydrogens (tertiary/aromatic N) is 2. The molecule has 28 heavy (non-hydrogen) atoms. The molecule has 0 radical (unpaired) electrons. The minimum absolute atomic E-state index is 0.0414. The number of hydrogen-bond donors (Lipinski definition) is 2. The van der Waals surface area contributed by atoms with E-state index in [0.717, 1.165) is 31.0 Å². The molecule has 1 aromatic carbocycles. The summed E-state index contributed by atoms with van der Waals surface area (Å²) in [7, 11) is 3.44. The molecule has 0 bridgehead atoms. The third-order valence-electron chi connectivity index (χ3n) is 4.65. The predicted octanol–water partition coefficient (Wildman–Crippen LogP) is 3.10. The summed E-state index contributed by atoms with van der Waals surface area (Å²) in [5.74, 6) is 1.45. The number of ether oxygens (including phenoxy) is 1. The van der Waals surface area contributed by atoms with Crippen LogP contribution in [0, 0.1) is 0 Å². The molecule has 6 nitrogen and oxygen atoms in total. The zero-order chi connectivity index (χ0) is 20.2. The van der Waals surface area contributed by atoms with Crippen molar-refractivity contribution in [3.8, 4) is 5.75 Å². The minimum Gasteiger partial charge on any atom is -0.484 e. The lowest BCUT2D eigenvalue weighted by molar-refractivity contribution is -0.130. The highest BCUT2D eigenvalue weighted by atomic mass is 16.5. The molecule has 1 aliphatic carbocycles. The van der Waals surface area contributed by atoms with Crippen LogP contribution in [0.25, 0.3) is 0 Å². The van der Waals surface area contributed by atoms with Gasteiger partial charge in [-0.25, -0.2) is 4.99 Å². The highest BCUT2D eigenvalue weighted by molar-refractivity contribution is 5.79. The Kier molecular flexibility index (Phi) is 9.39. The summed E-state index contributed by atoms with van der Waals surface area (Å²) < 4.78 is 5.58. The van der Waals surface area contributed by atoms with Gasteiger partial charge in [-0.3, -0.25) is 4.79 Å². The largest absolute Gasteiger partial charge is 0.484 e. The second kappa shape index (κ2) is 12.1. The summed E-state index contributed by atoms with van der Waals surface area (Å²) in [5.41, 5.74) is 2.61. The minimum atomic E-state index is -0.0601. The molecule has 0 unspecified atom stereocenters. The van der Waals surface area contributed by atoms with Crippen LogP contribution in [0.2, 0.25) is 0 Å². The number of amides is 1. The van der Waals surface area contributed by atoms with E-state index in [4.69, 9.17) is 4.74 Å². The van der Waals surface area contributed by atoms with Crippen molar-refractivity contribution in [3.63, 3.8) is 0 Å². The molecule has 0 spiro atoms. The van der Waals surface area contributed by atoms with Gasteiger partial charge in [0.1, 0.15) is 5.75 Å². The number of rotatable bonds is 9. The molecule has 2 rings (SSSR count). The maximum absolute atomic E-state index is 11.7. The van der Waals surface area contributed by atoms with Crippen LogP contribution in [0.3, 0.4) is 0 Å². The summed E-state index contributed by atoms with van der Waals surface area (Å²) in [5, 5.41) is 6.72. The smallest absolute Gasteiger partial charge is 0.259 e. The second-order valence-corrected chi connectivity index (χ2v) is 7.20. The van der Waals surface area contributed by atoms with Gasteiger partial charge in [0.05, 0.1) is 6.54 Å². The van der Waals surface area contributed by atoms with Gasteiger partial charge in [0.25, 0.3) is 5.91 Å². The number of carbonyl (C=O) groups is 1. The van der Waals surface area contributed by atoms with Gasteiger partial charge in [0.15, 0.2) is 12.6 Å². The Morgan fingerprint density at radius 2 is 2.11 bits per heavy atom. The highest BCUT2D eigenvalue weighted by Crippen LogP contribution is 2.19. The molecule has 0 fully saturated rings. The monoisotopic (exact) mass is 386 g/mol. The second-order valence-electron chi connectivity index (χ2n) is 7.20. The van der Waals surface area contributed by atoms with E-state index in [0.29, 0.717) is 12.3 Å². The van der Waals surface area contributed by atoms with Gasteiger partial charge in [-0.05, 0) is 56.7 Å². The van der Waals surface area contributed by atoms with Crippen LogP contribution < -0.4 is 15.4 Å². The van der Waals surface area contributed by atoms with E-state index >= 15 is 0 Å². The molecule has 154 valence electrons. The van der Waals surface area contributed by atoms with E-state index in [9.17, 15) is 4.79 Å². The topological polar surface area (TPSA) is 66.0 Å². The van der Waals surface area contributed by atoms with Crippen molar-refractivity contribution < 1.29 is 9.53 Å². The highest BCUT2D eigenvalue weighted by Gasteiger charge is 2.06. The first-order valence-electron chi connectivity index (χ1n) is 10.2. The lowest BCUT2D eigenvalue weighted by Crippen LogP contribution is -2.37. The Labute approximate surface area is 169 Å². The third-order valence-corrected chi connectivity index (χ3v) is 4.65. The SMILES string of the molecule is CCNC(=NCc1cccc(OCC(=O)N(C)C)c1)NCCC1=CCCCC1. The fourth-order valence-electron chi connectivity index (χ4n) is 2.99. The van der Waals surface area contributed by atoms with Crippen molar-refractivity contribution in [2.45, 2.75) is 45.6 Å². The van der Waals surface area contributed by atoms with Crippen molar-refractivity contribution in [3.05, 3.63) is 41.5 Å². The lowest BCUT2D eigenvalue weighted by Gasteiger charge is -2.15. The number of aliphatic imine (C=N–C) groups is 1. The molecular weight excluding hydrogens is 352 g/mol. The zero-order valence-corrected chi connectivity index (χ0v) is 17.5. The van der Waals surface area contributed by atoms with E-state index in [2.05, 4.69) is 28.6 Å². The summed E-state index contributed by atoms with van der Waals surface area (Å²) >= 11 is 0. The number of carbonyl (C=O) groups excluding carboxylic acids is 1. The number of allylic oxidation sites excluding steroid dienone is 1. The van der Waals surface area contributed by atoms with Crippen LogP contribution in [-0.4, -0.2) is 50.6 Å². The Balaban J connectivity index is 1.86. The van der Waals surface area contributed by atoms with Crippen LogP contribution in [-0.2, 0) is 11.3 Å². The van der Waals surface area contributed by atoms with Crippen molar-refractivity contribution >= 4 is 11.9 Å². The van der Waals surface area contributed by atoms with Crippen LogP contribution in [0.4, 0.5) is 0 Å². The molecule has 1 aromatic rings. The molecule has 0 saturated heterocycles. The average Bonchev–Trinajstić information content (AvgIpc) is 2.71. The predicted molar refractivity (Wildman–Crippen MR) is 115 cm³/mol. The van der Waals surface area contributed by atoms with Crippen LogP contribution >= 0.6 is 0 Å². The molecule has 1 amide bonds. The average molecular weight is 387 g/mol. The van der Waals surface area contributed by atoms with Gasteiger partial charge < -0.3 is 20.3 Å². The number of guanidine groups is 1. The van der Waals surface area contributed by atoms with Crippen molar-refractivity contribution in [2.24, 2.45) is 4.99 Å². The maximum atomic E-state index is 11.7. The van der Waals surface area contributed by atoms with Crippen LogP contribution in [0.1, 0.15) is 44.6 Å². The van der Waals surface area contributed by atoms with E-state index in [1.54, 1.807) is 19.7 Å². The van der Waals surface area contributed by atoms with E-state index in [1.807, 2.05) is 24.3 Å². The zero-order valence-electron chi connectivity index (χ0n) is 17.5. The number of benzene rings is 1. The normalized spacial score (nSPS) is 14.2. The Hall–Kier alpha value is -2.50. The molecule has 0 saturated carbocycles. The lowest BCUT2D eigenvalue weighted by atomic mass is 9.97. The van der Waals surface area contributed by atoms with Gasteiger partial charge in [-0.15, -0.1) is 0 Å². The molecule has 0 heterocycles. The number of nitrogens with one attached hydrogen (secondary N) is 2. The Morgan fingerprint density at radius 1 is 1.25 bits per heavy atom. The Bertz CT molecular complexity index is 683. The molecular formula is C22H34N4O2. The molecule has 2 N–H and O–H groups in total. The fourth-order valence-corrected chi connectivity index (χ4v) is 2.99. The standard InChI is InChI=1S/C22H34N4O2/c1-4-23-22(24-14-13-18-9-6-5-7-10-18)25-16-19-11-8-12-20(15-19)28-17-21(27)26(2)3/h8-9,11-12,15H,4-7,10,13-14,16-17H2,1-3H3,(H2,23,24,25). The number of likely N-dealkylation sites (N-methyl/N-ethyl adjacent to an activating group) is 1. The first kappa shape index (κ1) is 21.8. The van der Waals surface area contributed by atoms with Gasteiger partial charge in [-0.2, -0.15) is 0 Å². The maximum Gasteiger partial charge on any atom is 0.259 e. The number of hydrogen-bond acceptors (Lipinski definition) is 3. The van der Waals surface area contributed by atoms with E-state index in [-0.39, 0.29) is 12.5 Å². The van der Waals surface area contributed by atoms with Gasteiger partial charge >= 0.3 is 0 Å². The molecule has 6 heteroatoms. The first-order valence-corrected chi connectivity index (χ1v) is 10.2. The van der Waals surface area contributed by atoms with Crippen molar-refractivity contribution in [1.82, 2.24) is 15.5 Å². The van der Waals surface area contributed by atoms with Gasteiger partial charge in [-0.1, -0.05) is 23.8 Å². The molecule has 0 aliphatic heterocycles. The van der Waals surface area contributed by atoms with Gasteiger partial charge in [0, 0.05) is 27.2 Å². The van der Waals surface area contributed by atoms with Gasteiger partial charge in [0.2, 0.25) is 0 Å². The van der Waals surface area contributed by atoms with Crippen LogP contribution in [0.5, 0.6) is 5.75 Å². The van der Waals surface area contributed by atoms with Crippen molar-refractivity contribution in [1.29, 1.82) is 0 Å².